The smallest absolute Gasteiger partial charge is 0.223 e. The second-order valence-electron chi connectivity index (χ2n) is 7.92. The molecule has 6 nitrogen and oxygen atoms in total. The summed E-state index contributed by atoms with van der Waals surface area (Å²) in [7, 11) is 0. The number of rotatable bonds is 7. The lowest BCUT2D eigenvalue weighted by Gasteiger charge is -2.35. The molecule has 2 saturated heterocycles. The summed E-state index contributed by atoms with van der Waals surface area (Å²) in [5.74, 6) is 1.99. The number of amides is 1. The Morgan fingerprint density at radius 3 is 2.81 bits per heavy atom. The molecule has 3 aliphatic rings. The SMILES string of the molecule is O=C(N[C@@H]1COCC[C@@H]1OCC1CC1)C1CCN(Cc2ccco2)CC1. The number of nitrogens with zero attached hydrogens (tertiary/aromatic N) is 1. The first kappa shape index (κ1) is 18.0. The molecule has 4 rings (SSSR count). The van der Waals surface area contributed by atoms with Gasteiger partial charge in [-0.15, -0.1) is 0 Å². The first-order valence-electron chi connectivity index (χ1n) is 10.0. The Balaban J connectivity index is 1.22. The standard InChI is InChI=1S/C20H30N2O4/c23-20(16-5-8-22(9-6-16)12-17-2-1-10-25-17)21-18-14-24-11-7-19(18)26-13-15-3-4-15/h1-2,10,15-16,18-19H,3-9,11-14H2,(H,21,23)/t18-,19+/m1/s1. The number of piperidine rings is 1. The van der Waals surface area contributed by atoms with Crippen molar-refractivity contribution in [3.63, 3.8) is 0 Å². The van der Waals surface area contributed by atoms with Gasteiger partial charge in [0.1, 0.15) is 5.76 Å². The zero-order valence-electron chi connectivity index (χ0n) is 15.4. The van der Waals surface area contributed by atoms with Crippen molar-refractivity contribution in [2.75, 3.05) is 32.9 Å². The topological polar surface area (TPSA) is 63.9 Å². The zero-order valence-corrected chi connectivity index (χ0v) is 15.4. The van der Waals surface area contributed by atoms with Crippen LogP contribution >= 0.6 is 0 Å². The van der Waals surface area contributed by atoms with Crippen LogP contribution in [0.15, 0.2) is 22.8 Å². The van der Waals surface area contributed by atoms with E-state index in [9.17, 15) is 4.79 Å². The Kier molecular flexibility index (Phi) is 5.92. The molecule has 144 valence electrons. The van der Waals surface area contributed by atoms with Crippen LogP contribution < -0.4 is 5.32 Å². The molecule has 0 bridgehead atoms. The first-order valence-corrected chi connectivity index (χ1v) is 10.0. The second-order valence-corrected chi connectivity index (χ2v) is 7.92. The highest BCUT2D eigenvalue weighted by Crippen LogP contribution is 2.30. The summed E-state index contributed by atoms with van der Waals surface area (Å²) in [6, 6.07) is 3.92. The highest BCUT2D eigenvalue weighted by molar-refractivity contribution is 5.79. The minimum atomic E-state index is -0.00357. The number of carbonyl (C=O) groups is 1. The van der Waals surface area contributed by atoms with E-state index in [4.69, 9.17) is 13.9 Å². The molecule has 26 heavy (non-hydrogen) atoms. The van der Waals surface area contributed by atoms with Gasteiger partial charge in [-0.3, -0.25) is 9.69 Å². The predicted molar refractivity (Wildman–Crippen MR) is 96.5 cm³/mol. The van der Waals surface area contributed by atoms with Crippen LogP contribution in [0.1, 0.15) is 37.9 Å². The van der Waals surface area contributed by atoms with E-state index in [0.717, 1.165) is 63.8 Å². The van der Waals surface area contributed by atoms with Gasteiger partial charge < -0.3 is 19.2 Å². The molecule has 1 aromatic heterocycles. The fraction of sp³-hybridized carbons (Fsp3) is 0.750. The number of ether oxygens (including phenoxy) is 2. The lowest BCUT2D eigenvalue weighted by atomic mass is 9.95. The maximum absolute atomic E-state index is 12.7. The van der Waals surface area contributed by atoms with Crippen LogP contribution in [0.25, 0.3) is 0 Å². The molecule has 1 amide bonds. The molecule has 3 heterocycles. The maximum atomic E-state index is 12.7. The average molecular weight is 362 g/mol. The number of hydrogen-bond acceptors (Lipinski definition) is 5. The van der Waals surface area contributed by atoms with Gasteiger partial charge in [-0.1, -0.05) is 0 Å². The predicted octanol–water partition coefficient (Wildman–Crippen LogP) is 2.19. The van der Waals surface area contributed by atoms with Gasteiger partial charge in [0, 0.05) is 19.1 Å². The third-order valence-electron chi connectivity index (χ3n) is 5.78. The van der Waals surface area contributed by atoms with Crippen LogP contribution in [0.2, 0.25) is 0 Å². The Labute approximate surface area is 155 Å². The summed E-state index contributed by atoms with van der Waals surface area (Å²) in [5, 5.41) is 3.22. The Morgan fingerprint density at radius 2 is 2.08 bits per heavy atom. The van der Waals surface area contributed by atoms with Gasteiger partial charge in [-0.05, 0) is 63.2 Å². The molecule has 0 radical (unpaired) electrons. The Bertz CT molecular complexity index is 564. The van der Waals surface area contributed by atoms with Crippen molar-refractivity contribution >= 4 is 5.91 Å². The molecule has 0 aromatic carbocycles. The molecule has 6 heteroatoms. The number of likely N-dealkylation sites (tertiary alicyclic amines) is 1. The summed E-state index contributed by atoms with van der Waals surface area (Å²) in [6.45, 7) is 4.82. The molecule has 2 aliphatic heterocycles. The normalized spacial score (nSPS) is 28.2. The summed E-state index contributed by atoms with van der Waals surface area (Å²) >= 11 is 0. The molecule has 0 spiro atoms. The van der Waals surface area contributed by atoms with E-state index in [1.54, 1.807) is 6.26 Å². The van der Waals surface area contributed by atoms with Gasteiger partial charge in [-0.25, -0.2) is 0 Å². The Hall–Kier alpha value is -1.37. The minimum Gasteiger partial charge on any atom is -0.468 e. The lowest BCUT2D eigenvalue weighted by Crippen LogP contribution is -2.53. The molecule has 0 unspecified atom stereocenters. The van der Waals surface area contributed by atoms with Crippen molar-refractivity contribution in [3.8, 4) is 0 Å². The van der Waals surface area contributed by atoms with E-state index in [1.807, 2.05) is 12.1 Å². The number of furan rings is 1. The molecular weight excluding hydrogens is 332 g/mol. The highest BCUT2D eigenvalue weighted by atomic mass is 16.5. The quantitative estimate of drug-likeness (QED) is 0.806. The molecule has 1 aromatic rings. The van der Waals surface area contributed by atoms with Crippen LogP contribution in [0.4, 0.5) is 0 Å². The van der Waals surface area contributed by atoms with Crippen molar-refractivity contribution < 1.29 is 18.7 Å². The third kappa shape index (κ3) is 4.87. The number of hydrogen-bond donors (Lipinski definition) is 1. The van der Waals surface area contributed by atoms with E-state index in [1.165, 1.54) is 12.8 Å². The largest absolute Gasteiger partial charge is 0.468 e. The van der Waals surface area contributed by atoms with Gasteiger partial charge in [0.15, 0.2) is 0 Å². The van der Waals surface area contributed by atoms with Crippen molar-refractivity contribution in [2.24, 2.45) is 11.8 Å². The van der Waals surface area contributed by atoms with E-state index in [2.05, 4.69) is 10.2 Å². The van der Waals surface area contributed by atoms with Crippen LogP contribution in [0.5, 0.6) is 0 Å². The summed E-state index contributed by atoms with van der Waals surface area (Å²) < 4.78 is 17.1. The van der Waals surface area contributed by atoms with Crippen molar-refractivity contribution in [1.29, 1.82) is 0 Å². The van der Waals surface area contributed by atoms with Gasteiger partial charge >= 0.3 is 0 Å². The zero-order chi connectivity index (χ0) is 17.8. The first-order chi connectivity index (χ1) is 12.8. The monoisotopic (exact) mass is 362 g/mol. The van der Waals surface area contributed by atoms with Gasteiger partial charge in [-0.2, -0.15) is 0 Å². The summed E-state index contributed by atoms with van der Waals surface area (Å²) in [4.78, 5) is 15.1. The van der Waals surface area contributed by atoms with Crippen molar-refractivity contribution in [3.05, 3.63) is 24.2 Å². The molecule has 2 atom stereocenters. The van der Waals surface area contributed by atoms with Gasteiger partial charge in [0.25, 0.3) is 0 Å². The number of carbonyl (C=O) groups excluding carboxylic acids is 1. The van der Waals surface area contributed by atoms with E-state index < -0.39 is 0 Å². The highest BCUT2D eigenvalue weighted by Gasteiger charge is 2.33. The average Bonchev–Trinajstić information content (AvgIpc) is 3.36. The molecule has 3 fully saturated rings. The lowest BCUT2D eigenvalue weighted by molar-refractivity contribution is -0.131. The fourth-order valence-electron chi connectivity index (χ4n) is 3.87. The molecule has 1 N–H and O–H groups in total. The van der Waals surface area contributed by atoms with Crippen molar-refractivity contribution in [2.45, 2.75) is 50.8 Å². The van der Waals surface area contributed by atoms with Crippen molar-refractivity contribution in [1.82, 2.24) is 10.2 Å². The maximum Gasteiger partial charge on any atom is 0.223 e. The summed E-state index contributed by atoms with van der Waals surface area (Å²) in [6.07, 6.45) is 7.06. The fourth-order valence-corrected chi connectivity index (χ4v) is 3.87. The van der Waals surface area contributed by atoms with Crippen LogP contribution in [-0.2, 0) is 20.8 Å². The molecule has 1 aliphatic carbocycles. The molecular formula is C20H30N2O4. The second kappa shape index (κ2) is 8.55. The Morgan fingerprint density at radius 1 is 1.23 bits per heavy atom. The summed E-state index contributed by atoms with van der Waals surface area (Å²) in [5.41, 5.74) is 0. The van der Waals surface area contributed by atoms with Crippen LogP contribution in [-0.4, -0.2) is 55.9 Å². The van der Waals surface area contributed by atoms with Crippen LogP contribution in [0.3, 0.4) is 0 Å². The van der Waals surface area contributed by atoms with Gasteiger partial charge in [0.05, 0.1) is 31.6 Å². The van der Waals surface area contributed by atoms with E-state index >= 15 is 0 Å². The van der Waals surface area contributed by atoms with E-state index in [-0.39, 0.29) is 24.0 Å². The van der Waals surface area contributed by atoms with Gasteiger partial charge in [0.2, 0.25) is 5.91 Å². The molecule has 1 saturated carbocycles. The number of nitrogens with one attached hydrogen (secondary N) is 1. The third-order valence-corrected chi connectivity index (χ3v) is 5.78. The van der Waals surface area contributed by atoms with Crippen LogP contribution in [0, 0.1) is 11.8 Å². The van der Waals surface area contributed by atoms with E-state index in [0.29, 0.717) is 6.61 Å². The minimum absolute atomic E-state index is 0.00357.